The number of nitrogens with one attached hydrogen (secondary N) is 1. The summed E-state index contributed by atoms with van der Waals surface area (Å²) < 4.78 is 35.1. The van der Waals surface area contributed by atoms with E-state index in [1.807, 2.05) is 0 Å². The van der Waals surface area contributed by atoms with Gasteiger partial charge in [-0.2, -0.15) is 0 Å². The van der Waals surface area contributed by atoms with Gasteiger partial charge in [-0.1, -0.05) is 55.4 Å². The van der Waals surface area contributed by atoms with E-state index < -0.39 is 52.9 Å². The number of H-pyrrole nitrogens is 1. The molecule has 1 aromatic rings. The molecule has 10 nitrogen and oxygen atoms in total. The topological polar surface area (TPSA) is 127 Å². The average molecular weight is 530 g/mol. The minimum atomic E-state index is -2.90. The molecule has 3 rings (SSSR count). The van der Waals surface area contributed by atoms with Crippen molar-refractivity contribution in [3.05, 3.63) is 33.1 Å². The minimum absolute atomic E-state index is 0.138. The van der Waals surface area contributed by atoms with Crippen LogP contribution < -0.4 is 17.0 Å². The maximum atomic E-state index is 12.7. The van der Waals surface area contributed by atoms with Crippen molar-refractivity contribution in [3.63, 3.8) is 0 Å². The summed E-state index contributed by atoms with van der Waals surface area (Å²) in [5, 5.41) is 0. The van der Waals surface area contributed by atoms with Gasteiger partial charge < -0.3 is 28.2 Å². The standard InChI is InChI=1S/C23H43N3O7Si2/c1-14(2)34(15(3)4)30-13-18-20(32-35(33-34,16(5)6)17(7)8)21(29-12-10-24)22(31-18)26-11-9-19(27)25-23(26)28/h9,11,14-18,20-22H,10,12-13,24H2,1-8H3,(H,25,27,28)/t18-,20-,21-,22-/m1/s1. The molecule has 200 valence electrons. The van der Waals surface area contributed by atoms with Crippen molar-refractivity contribution >= 4 is 17.1 Å². The molecule has 2 fully saturated rings. The van der Waals surface area contributed by atoms with Gasteiger partial charge in [0.05, 0.1) is 13.2 Å². The Balaban J connectivity index is 2.13. The van der Waals surface area contributed by atoms with Crippen LogP contribution in [-0.2, 0) is 22.4 Å². The van der Waals surface area contributed by atoms with E-state index in [0.717, 1.165) is 0 Å². The molecule has 3 heterocycles. The number of ether oxygens (including phenoxy) is 2. The number of hydrogen-bond donors (Lipinski definition) is 2. The van der Waals surface area contributed by atoms with E-state index in [0.29, 0.717) is 6.54 Å². The third-order valence-electron chi connectivity index (χ3n) is 7.17. The highest BCUT2D eigenvalue weighted by Crippen LogP contribution is 2.48. The molecule has 2 saturated heterocycles. The van der Waals surface area contributed by atoms with Crippen LogP contribution in [0, 0.1) is 0 Å². The summed E-state index contributed by atoms with van der Waals surface area (Å²) in [6.45, 7) is 18.1. The van der Waals surface area contributed by atoms with Crippen molar-refractivity contribution in [2.24, 2.45) is 5.73 Å². The maximum absolute atomic E-state index is 12.7. The summed E-state index contributed by atoms with van der Waals surface area (Å²) in [5.74, 6) is 0. The zero-order valence-corrected chi connectivity index (χ0v) is 24.3. The fourth-order valence-electron chi connectivity index (χ4n) is 5.36. The van der Waals surface area contributed by atoms with Crippen molar-refractivity contribution < 1.29 is 22.4 Å². The average Bonchev–Trinajstić information content (AvgIpc) is 3.07. The molecule has 3 N–H and O–H groups in total. The lowest BCUT2D eigenvalue weighted by atomic mass is 10.1. The zero-order valence-electron chi connectivity index (χ0n) is 22.3. The zero-order chi connectivity index (χ0) is 26.1. The Labute approximate surface area is 209 Å². The van der Waals surface area contributed by atoms with Gasteiger partial charge in [0.25, 0.3) is 5.56 Å². The van der Waals surface area contributed by atoms with Crippen molar-refractivity contribution in [3.8, 4) is 0 Å². The first kappa shape index (κ1) is 28.4. The third kappa shape index (κ3) is 5.30. The van der Waals surface area contributed by atoms with E-state index in [1.165, 1.54) is 16.8 Å². The van der Waals surface area contributed by atoms with Crippen LogP contribution in [0.25, 0.3) is 0 Å². The Morgan fingerprint density at radius 2 is 1.66 bits per heavy atom. The molecule has 4 atom stereocenters. The Hall–Kier alpha value is -1.13. The smallest absolute Gasteiger partial charge is 0.335 e. The molecule has 0 aliphatic carbocycles. The molecule has 2 aliphatic heterocycles. The van der Waals surface area contributed by atoms with Crippen molar-refractivity contribution in [2.45, 2.75) is 102 Å². The first-order chi connectivity index (χ1) is 16.4. The lowest BCUT2D eigenvalue weighted by molar-refractivity contribution is -0.0717. The first-order valence-corrected chi connectivity index (χ1v) is 16.6. The summed E-state index contributed by atoms with van der Waals surface area (Å²) in [4.78, 5) is 26.7. The van der Waals surface area contributed by atoms with Crippen LogP contribution in [0.5, 0.6) is 0 Å². The predicted molar refractivity (Wildman–Crippen MR) is 138 cm³/mol. The van der Waals surface area contributed by atoms with E-state index in [1.54, 1.807) is 0 Å². The number of fused-ring (bicyclic) bond motifs is 1. The molecule has 0 amide bonds. The van der Waals surface area contributed by atoms with Gasteiger partial charge in [-0.3, -0.25) is 14.3 Å². The van der Waals surface area contributed by atoms with Crippen LogP contribution >= 0.6 is 0 Å². The maximum Gasteiger partial charge on any atom is 0.335 e. The second-order valence-corrected chi connectivity index (χ2v) is 19.6. The number of hydrogen-bond acceptors (Lipinski definition) is 8. The van der Waals surface area contributed by atoms with Crippen molar-refractivity contribution in [1.29, 1.82) is 0 Å². The second-order valence-electron chi connectivity index (χ2n) is 10.8. The van der Waals surface area contributed by atoms with Gasteiger partial charge in [0, 0.05) is 18.8 Å². The highest BCUT2D eigenvalue weighted by molar-refractivity contribution is 6.83. The molecule has 0 unspecified atom stereocenters. The largest absolute Gasteiger partial charge is 0.414 e. The molecule has 0 radical (unpaired) electrons. The highest BCUT2D eigenvalue weighted by atomic mass is 28.5. The fourth-order valence-corrected chi connectivity index (χ4v) is 16.6. The van der Waals surface area contributed by atoms with E-state index >= 15 is 0 Å². The monoisotopic (exact) mass is 529 g/mol. The van der Waals surface area contributed by atoms with E-state index in [-0.39, 0.29) is 35.4 Å². The Bertz CT molecular complexity index is 949. The Kier molecular flexibility index (Phi) is 9.01. The van der Waals surface area contributed by atoms with Gasteiger partial charge in [-0.25, -0.2) is 4.79 Å². The Morgan fingerprint density at radius 3 is 2.17 bits per heavy atom. The Morgan fingerprint density at radius 1 is 1.06 bits per heavy atom. The van der Waals surface area contributed by atoms with Crippen LogP contribution in [0.3, 0.4) is 0 Å². The van der Waals surface area contributed by atoms with Gasteiger partial charge in [0.1, 0.15) is 18.3 Å². The second kappa shape index (κ2) is 11.1. The molecule has 0 saturated carbocycles. The minimum Gasteiger partial charge on any atom is -0.414 e. The van der Waals surface area contributed by atoms with Crippen molar-refractivity contribution in [1.82, 2.24) is 9.55 Å². The van der Waals surface area contributed by atoms with E-state index in [9.17, 15) is 9.59 Å². The number of aromatic nitrogens is 2. The molecule has 12 heteroatoms. The first-order valence-electron chi connectivity index (χ1n) is 12.7. The lowest BCUT2D eigenvalue weighted by Gasteiger charge is -2.51. The number of rotatable bonds is 8. The SMILES string of the molecule is CC(C)[Si]1(C(C)C)OC[C@H]2O[C@@H](n3ccc(=O)[nH]c3=O)[C@H](OCCN)[C@@H]2O[Si](C(C)C)(C(C)C)O1. The molecule has 35 heavy (non-hydrogen) atoms. The summed E-state index contributed by atoms with van der Waals surface area (Å²) in [6, 6.07) is 1.29. The molecule has 0 bridgehead atoms. The molecule has 0 aromatic carbocycles. The summed E-state index contributed by atoms with van der Waals surface area (Å²) in [6.07, 6.45) is -0.996. The quantitative estimate of drug-likeness (QED) is 0.492. The van der Waals surface area contributed by atoms with Crippen LogP contribution in [0.4, 0.5) is 0 Å². The van der Waals surface area contributed by atoms with Gasteiger partial charge in [0.15, 0.2) is 6.23 Å². The molecule has 2 aliphatic rings. The van der Waals surface area contributed by atoms with Crippen LogP contribution in [0.2, 0.25) is 22.2 Å². The number of nitrogens with two attached hydrogens (primary N) is 1. The normalized spacial score (nSPS) is 28.5. The van der Waals surface area contributed by atoms with Crippen LogP contribution in [0.15, 0.2) is 21.9 Å². The fraction of sp³-hybridized carbons (Fsp3) is 0.826. The number of nitrogens with zero attached hydrogens (tertiary/aromatic N) is 1. The van der Waals surface area contributed by atoms with Crippen LogP contribution in [-0.4, -0.2) is 64.7 Å². The van der Waals surface area contributed by atoms with E-state index in [2.05, 4.69) is 60.4 Å². The number of aromatic amines is 1. The molecule has 1 aromatic heterocycles. The molecule has 0 spiro atoms. The van der Waals surface area contributed by atoms with Crippen molar-refractivity contribution in [2.75, 3.05) is 19.8 Å². The predicted octanol–water partition coefficient (Wildman–Crippen LogP) is 2.73. The van der Waals surface area contributed by atoms with Crippen LogP contribution in [0.1, 0.15) is 61.6 Å². The van der Waals surface area contributed by atoms with Gasteiger partial charge in [-0.05, 0) is 22.2 Å². The molecular weight excluding hydrogens is 486 g/mol. The summed E-state index contributed by atoms with van der Waals surface area (Å²) >= 11 is 0. The highest BCUT2D eigenvalue weighted by Gasteiger charge is 2.62. The third-order valence-corrected chi connectivity index (χ3v) is 17.4. The summed E-state index contributed by atoms with van der Waals surface area (Å²) in [7, 11) is -5.63. The molecular formula is C23H43N3O7Si2. The van der Waals surface area contributed by atoms with Gasteiger partial charge in [-0.15, -0.1) is 0 Å². The summed E-state index contributed by atoms with van der Waals surface area (Å²) in [5.41, 5.74) is 5.40. The van der Waals surface area contributed by atoms with Gasteiger partial charge >= 0.3 is 22.8 Å². The lowest BCUT2D eigenvalue weighted by Crippen LogP contribution is -2.66. The van der Waals surface area contributed by atoms with E-state index in [4.69, 9.17) is 28.2 Å². The van der Waals surface area contributed by atoms with Gasteiger partial charge in [0.2, 0.25) is 0 Å².